The van der Waals surface area contributed by atoms with Gasteiger partial charge in [0.2, 0.25) is 0 Å². The summed E-state index contributed by atoms with van der Waals surface area (Å²) in [5.41, 5.74) is 4.27. The van der Waals surface area contributed by atoms with E-state index < -0.39 is 0 Å². The standard InChI is InChI=1S/C25H26FN5O/c1-17(2)31-21-9-4-3-8-20(21)29-23(31)16-30-12-13-32-22(15-30)25-24(27-10-11-28-25)18-6-5-7-19(26)14-18/h3-11,14,17,22H,12-13,15-16H2,1-2H3. The lowest BCUT2D eigenvalue weighted by molar-refractivity contribution is -0.0358. The van der Waals surface area contributed by atoms with Crippen LogP contribution in [0.5, 0.6) is 0 Å². The molecule has 0 radical (unpaired) electrons. The van der Waals surface area contributed by atoms with Crippen molar-refractivity contribution in [1.82, 2.24) is 24.4 Å². The quantitative estimate of drug-likeness (QED) is 0.455. The van der Waals surface area contributed by atoms with E-state index in [0.29, 0.717) is 30.5 Å². The molecule has 4 aromatic rings. The maximum absolute atomic E-state index is 13.8. The molecule has 1 aliphatic heterocycles. The number of aromatic nitrogens is 4. The molecule has 2 aromatic carbocycles. The predicted octanol–water partition coefficient (Wildman–Crippen LogP) is 4.79. The van der Waals surface area contributed by atoms with E-state index in [-0.39, 0.29) is 11.9 Å². The van der Waals surface area contributed by atoms with Crippen molar-refractivity contribution in [1.29, 1.82) is 0 Å². The third-order valence-electron chi connectivity index (χ3n) is 5.83. The highest BCUT2D eigenvalue weighted by molar-refractivity contribution is 5.76. The van der Waals surface area contributed by atoms with Crippen LogP contribution in [-0.2, 0) is 11.3 Å². The summed E-state index contributed by atoms with van der Waals surface area (Å²) in [7, 11) is 0. The molecule has 0 amide bonds. The number of nitrogens with zero attached hydrogens (tertiary/aromatic N) is 5. The molecule has 0 saturated carbocycles. The Kier molecular flexibility index (Phi) is 5.68. The van der Waals surface area contributed by atoms with Gasteiger partial charge in [0.1, 0.15) is 17.7 Å². The normalized spacial score (nSPS) is 17.3. The second kappa shape index (κ2) is 8.76. The number of hydrogen-bond donors (Lipinski definition) is 0. The van der Waals surface area contributed by atoms with Gasteiger partial charge in [-0.15, -0.1) is 0 Å². The molecule has 7 heteroatoms. The fraction of sp³-hybridized carbons (Fsp3) is 0.320. The Hall–Kier alpha value is -3.16. The monoisotopic (exact) mass is 431 g/mol. The fourth-order valence-corrected chi connectivity index (χ4v) is 4.44. The number of hydrogen-bond acceptors (Lipinski definition) is 5. The first kappa shape index (κ1) is 20.7. The van der Waals surface area contributed by atoms with Gasteiger partial charge in [-0.05, 0) is 38.1 Å². The van der Waals surface area contributed by atoms with E-state index in [1.54, 1.807) is 18.5 Å². The minimum Gasteiger partial charge on any atom is -0.369 e. The van der Waals surface area contributed by atoms with Crippen LogP contribution in [0.3, 0.4) is 0 Å². The van der Waals surface area contributed by atoms with Crippen molar-refractivity contribution in [3.8, 4) is 11.3 Å². The number of morpholine rings is 1. The van der Waals surface area contributed by atoms with Gasteiger partial charge in [0.15, 0.2) is 0 Å². The van der Waals surface area contributed by atoms with E-state index >= 15 is 0 Å². The third-order valence-corrected chi connectivity index (χ3v) is 5.83. The van der Waals surface area contributed by atoms with E-state index in [0.717, 1.165) is 35.6 Å². The number of ether oxygens (including phenoxy) is 1. The molecule has 0 N–H and O–H groups in total. The van der Waals surface area contributed by atoms with Crippen LogP contribution >= 0.6 is 0 Å². The number of halogens is 1. The van der Waals surface area contributed by atoms with Crippen molar-refractivity contribution in [3.63, 3.8) is 0 Å². The van der Waals surface area contributed by atoms with Gasteiger partial charge >= 0.3 is 0 Å². The van der Waals surface area contributed by atoms with Crippen LogP contribution in [0.4, 0.5) is 4.39 Å². The van der Waals surface area contributed by atoms with Gasteiger partial charge in [0, 0.05) is 37.1 Å². The lowest BCUT2D eigenvalue weighted by Gasteiger charge is -2.33. The number of fused-ring (bicyclic) bond motifs is 1. The minimum absolute atomic E-state index is 0.243. The van der Waals surface area contributed by atoms with E-state index in [9.17, 15) is 4.39 Å². The van der Waals surface area contributed by atoms with Gasteiger partial charge in [-0.3, -0.25) is 14.9 Å². The van der Waals surface area contributed by atoms with Crippen molar-refractivity contribution >= 4 is 11.0 Å². The molecular weight excluding hydrogens is 405 g/mol. The lowest BCUT2D eigenvalue weighted by Crippen LogP contribution is -2.39. The molecule has 1 saturated heterocycles. The van der Waals surface area contributed by atoms with Crippen LogP contribution in [0.1, 0.15) is 37.5 Å². The van der Waals surface area contributed by atoms with E-state index in [4.69, 9.17) is 9.72 Å². The van der Waals surface area contributed by atoms with Crippen LogP contribution in [0.2, 0.25) is 0 Å². The van der Waals surface area contributed by atoms with Gasteiger partial charge < -0.3 is 9.30 Å². The molecule has 0 spiro atoms. The summed E-state index contributed by atoms with van der Waals surface area (Å²) in [5, 5.41) is 0. The summed E-state index contributed by atoms with van der Waals surface area (Å²) in [6, 6.07) is 15.0. The Morgan fingerprint density at radius 2 is 1.94 bits per heavy atom. The Labute approximate surface area is 186 Å². The topological polar surface area (TPSA) is 56.1 Å². The summed E-state index contributed by atoms with van der Waals surface area (Å²) >= 11 is 0. The van der Waals surface area contributed by atoms with Crippen molar-refractivity contribution in [2.75, 3.05) is 19.7 Å². The van der Waals surface area contributed by atoms with Gasteiger partial charge in [-0.1, -0.05) is 24.3 Å². The lowest BCUT2D eigenvalue weighted by atomic mass is 10.1. The summed E-state index contributed by atoms with van der Waals surface area (Å²) in [5.74, 6) is 0.754. The average molecular weight is 432 g/mol. The minimum atomic E-state index is -0.294. The van der Waals surface area contributed by atoms with Crippen LogP contribution in [0, 0.1) is 5.82 Å². The second-order valence-corrected chi connectivity index (χ2v) is 8.38. The Balaban J connectivity index is 1.42. The Bertz CT molecular complexity index is 1240. The molecule has 164 valence electrons. The molecule has 1 fully saturated rings. The van der Waals surface area contributed by atoms with Crippen LogP contribution in [0.15, 0.2) is 60.9 Å². The van der Waals surface area contributed by atoms with E-state index in [1.807, 2.05) is 12.1 Å². The van der Waals surface area contributed by atoms with Crippen LogP contribution < -0.4 is 0 Å². The number of rotatable bonds is 5. The zero-order chi connectivity index (χ0) is 22.1. The zero-order valence-electron chi connectivity index (χ0n) is 18.3. The molecule has 0 bridgehead atoms. The maximum Gasteiger partial charge on any atom is 0.124 e. The molecule has 5 rings (SSSR count). The molecule has 6 nitrogen and oxygen atoms in total. The predicted molar refractivity (Wildman–Crippen MR) is 122 cm³/mol. The Morgan fingerprint density at radius 3 is 2.78 bits per heavy atom. The van der Waals surface area contributed by atoms with Crippen molar-refractivity contribution in [2.24, 2.45) is 0 Å². The van der Waals surface area contributed by atoms with Crippen molar-refractivity contribution in [3.05, 3.63) is 78.3 Å². The third kappa shape index (κ3) is 4.01. The second-order valence-electron chi connectivity index (χ2n) is 8.38. The van der Waals surface area contributed by atoms with Gasteiger partial charge in [-0.25, -0.2) is 9.37 Å². The van der Waals surface area contributed by atoms with Crippen molar-refractivity contribution < 1.29 is 9.13 Å². The van der Waals surface area contributed by atoms with E-state index in [1.165, 1.54) is 12.1 Å². The summed E-state index contributed by atoms with van der Waals surface area (Å²) < 4.78 is 22.2. The van der Waals surface area contributed by atoms with E-state index in [2.05, 4.69) is 51.5 Å². The first-order chi connectivity index (χ1) is 15.6. The van der Waals surface area contributed by atoms with Gasteiger partial charge in [0.25, 0.3) is 0 Å². The largest absolute Gasteiger partial charge is 0.369 e. The van der Waals surface area contributed by atoms with Crippen LogP contribution in [-0.4, -0.2) is 44.1 Å². The molecule has 32 heavy (non-hydrogen) atoms. The smallest absolute Gasteiger partial charge is 0.124 e. The Morgan fingerprint density at radius 1 is 1.09 bits per heavy atom. The first-order valence-electron chi connectivity index (χ1n) is 11.0. The molecule has 0 aliphatic carbocycles. The number of para-hydroxylation sites is 2. The maximum atomic E-state index is 13.8. The summed E-state index contributed by atoms with van der Waals surface area (Å²) in [6.45, 7) is 7.17. The van der Waals surface area contributed by atoms with Crippen LogP contribution in [0.25, 0.3) is 22.3 Å². The summed E-state index contributed by atoms with van der Waals surface area (Å²) in [6.07, 6.45) is 3.06. The number of imidazole rings is 1. The molecule has 1 aliphatic rings. The fourth-order valence-electron chi connectivity index (χ4n) is 4.44. The molecule has 1 atom stereocenters. The highest BCUT2D eigenvalue weighted by Gasteiger charge is 2.27. The number of benzene rings is 2. The summed E-state index contributed by atoms with van der Waals surface area (Å²) in [4.78, 5) is 16.3. The van der Waals surface area contributed by atoms with Gasteiger partial charge in [-0.2, -0.15) is 0 Å². The van der Waals surface area contributed by atoms with Gasteiger partial charge in [0.05, 0.1) is 35.6 Å². The zero-order valence-corrected chi connectivity index (χ0v) is 18.3. The average Bonchev–Trinajstić information content (AvgIpc) is 3.17. The first-order valence-corrected chi connectivity index (χ1v) is 11.0. The molecule has 3 heterocycles. The molecular formula is C25H26FN5O. The van der Waals surface area contributed by atoms with Crippen molar-refractivity contribution in [2.45, 2.75) is 32.5 Å². The SMILES string of the molecule is CC(C)n1c(CN2CCOC(c3nccnc3-c3cccc(F)c3)C2)nc2ccccc21. The molecule has 1 unspecified atom stereocenters. The highest BCUT2D eigenvalue weighted by atomic mass is 19.1. The molecule has 2 aromatic heterocycles. The highest BCUT2D eigenvalue weighted by Crippen LogP contribution is 2.30.